The molecule has 0 aliphatic rings. The van der Waals surface area contributed by atoms with E-state index >= 15 is 0 Å². The maximum absolute atomic E-state index is 12.9. The lowest BCUT2D eigenvalue weighted by Crippen LogP contribution is -2.14. The third kappa shape index (κ3) is 5.68. The number of carbonyl (C=O) groups is 2. The number of aromatic nitrogens is 2. The predicted molar refractivity (Wildman–Crippen MR) is 115 cm³/mol. The lowest BCUT2D eigenvalue weighted by molar-refractivity contribution is -0.137. The van der Waals surface area contributed by atoms with E-state index < -0.39 is 17.6 Å². The fourth-order valence-electron chi connectivity index (χ4n) is 3.02. The lowest BCUT2D eigenvalue weighted by Gasteiger charge is -2.08. The van der Waals surface area contributed by atoms with Crippen molar-refractivity contribution in [3.63, 3.8) is 0 Å². The van der Waals surface area contributed by atoms with E-state index in [1.807, 2.05) is 0 Å². The number of amides is 2. The van der Waals surface area contributed by atoms with Crippen LogP contribution in [0.4, 0.5) is 24.5 Å². The van der Waals surface area contributed by atoms with Gasteiger partial charge in [-0.05, 0) is 48.5 Å². The number of hydrogen-bond acceptors (Lipinski definition) is 6. The third-order valence-corrected chi connectivity index (χ3v) is 4.62. The van der Waals surface area contributed by atoms with Crippen molar-refractivity contribution in [1.29, 1.82) is 0 Å². The predicted octanol–water partition coefficient (Wildman–Crippen LogP) is 5.17. The highest BCUT2D eigenvalue weighted by molar-refractivity contribution is 6.02. The molecule has 0 spiro atoms. The molecule has 174 valence electrons. The second-order valence-electron chi connectivity index (χ2n) is 7.14. The van der Waals surface area contributed by atoms with Gasteiger partial charge in [0.25, 0.3) is 5.91 Å². The van der Waals surface area contributed by atoms with Crippen LogP contribution in [0.1, 0.15) is 28.4 Å². The normalized spacial score (nSPS) is 11.3. The van der Waals surface area contributed by atoms with E-state index in [0.717, 1.165) is 12.1 Å². The first-order chi connectivity index (χ1) is 16.3. The Labute approximate surface area is 190 Å². The number of alkyl halides is 3. The number of hydrogen-bond donors (Lipinski definition) is 2. The van der Waals surface area contributed by atoms with Gasteiger partial charge in [-0.1, -0.05) is 12.1 Å². The molecule has 2 amide bonds. The minimum atomic E-state index is -4.49. The van der Waals surface area contributed by atoms with E-state index in [4.69, 9.17) is 8.83 Å². The number of anilines is 2. The summed E-state index contributed by atoms with van der Waals surface area (Å²) in [4.78, 5) is 24.4. The van der Waals surface area contributed by atoms with Gasteiger partial charge in [0, 0.05) is 29.8 Å². The van der Waals surface area contributed by atoms with E-state index in [-0.39, 0.29) is 41.9 Å². The topological polar surface area (TPSA) is 110 Å². The van der Waals surface area contributed by atoms with Gasteiger partial charge in [0.2, 0.25) is 17.7 Å². The molecule has 2 N–H and O–H groups in total. The lowest BCUT2D eigenvalue weighted by atomic mass is 10.1. The Morgan fingerprint density at radius 1 is 0.912 bits per heavy atom. The second kappa shape index (κ2) is 9.61. The molecule has 2 aromatic heterocycles. The number of halogens is 3. The molecule has 0 saturated carbocycles. The Balaban J connectivity index is 1.33. The molecule has 8 nitrogen and oxygen atoms in total. The number of nitrogens with zero attached hydrogens (tertiary/aromatic N) is 2. The molecule has 11 heteroatoms. The largest absolute Gasteiger partial charge is 0.459 e. The van der Waals surface area contributed by atoms with E-state index in [0.29, 0.717) is 11.4 Å². The highest BCUT2D eigenvalue weighted by atomic mass is 19.4. The molecule has 0 radical (unpaired) electrons. The number of rotatable bonds is 7. The molecule has 0 fully saturated rings. The van der Waals surface area contributed by atoms with Gasteiger partial charge in [-0.15, -0.1) is 10.2 Å². The van der Waals surface area contributed by atoms with Crippen molar-refractivity contribution in [3.8, 4) is 11.5 Å². The van der Waals surface area contributed by atoms with Crippen molar-refractivity contribution >= 4 is 23.2 Å². The minimum Gasteiger partial charge on any atom is -0.459 e. The third-order valence-electron chi connectivity index (χ3n) is 4.62. The van der Waals surface area contributed by atoms with Gasteiger partial charge in [0.1, 0.15) is 0 Å². The Kier molecular flexibility index (Phi) is 6.44. The number of benzene rings is 2. The molecule has 0 aliphatic heterocycles. The van der Waals surface area contributed by atoms with E-state index in [9.17, 15) is 22.8 Å². The fraction of sp³-hybridized carbons (Fsp3) is 0.130. The number of nitrogens with one attached hydrogen (secondary N) is 2. The van der Waals surface area contributed by atoms with Gasteiger partial charge < -0.3 is 19.5 Å². The molecule has 0 atom stereocenters. The van der Waals surface area contributed by atoms with Crippen molar-refractivity contribution < 1.29 is 31.6 Å². The molecule has 0 bridgehead atoms. The molecule has 2 aromatic carbocycles. The summed E-state index contributed by atoms with van der Waals surface area (Å²) in [6, 6.07) is 14.2. The van der Waals surface area contributed by atoms with Crippen molar-refractivity contribution in [3.05, 3.63) is 84.1 Å². The molecular formula is C23H17F3N4O4. The van der Waals surface area contributed by atoms with Gasteiger partial charge in [-0.2, -0.15) is 13.2 Å². The van der Waals surface area contributed by atoms with E-state index in [2.05, 4.69) is 20.8 Å². The van der Waals surface area contributed by atoms with Crippen LogP contribution in [0.15, 0.2) is 75.8 Å². The van der Waals surface area contributed by atoms with Gasteiger partial charge in [0.15, 0.2) is 5.76 Å². The smallest absolute Gasteiger partial charge is 0.416 e. The summed E-state index contributed by atoms with van der Waals surface area (Å²) in [5.74, 6) is -0.586. The first kappa shape index (κ1) is 22.8. The van der Waals surface area contributed by atoms with Crippen molar-refractivity contribution in [1.82, 2.24) is 10.2 Å². The van der Waals surface area contributed by atoms with Gasteiger partial charge in [-0.25, -0.2) is 0 Å². The second-order valence-corrected chi connectivity index (χ2v) is 7.14. The van der Waals surface area contributed by atoms with Crippen molar-refractivity contribution in [2.75, 3.05) is 10.6 Å². The Bertz CT molecular complexity index is 1300. The molecule has 0 unspecified atom stereocenters. The molecule has 0 aliphatic carbocycles. The Morgan fingerprint density at radius 2 is 1.68 bits per heavy atom. The summed E-state index contributed by atoms with van der Waals surface area (Å²) >= 11 is 0. The van der Waals surface area contributed by atoms with Crippen LogP contribution in [0.2, 0.25) is 0 Å². The Morgan fingerprint density at radius 3 is 2.41 bits per heavy atom. The fourth-order valence-corrected chi connectivity index (χ4v) is 3.02. The van der Waals surface area contributed by atoms with Crippen LogP contribution in [-0.4, -0.2) is 22.0 Å². The zero-order chi connectivity index (χ0) is 24.1. The molecule has 2 heterocycles. The zero-order valence-corrected chi connectivity index (χ0v) is 17.4. The molecule has 4 aromatic rings. The van der Waals surface area contributed by atoms with Crippen LogP contribution in [0.5, 0.6) is 0 Å². The first-order valence-electron chi connectivity index (χ1n) is 10.0. The van der Waals surface area contributed by atoms with Crippen LogP contribution in [0, 0.1) is 0 Å². The van der Waals surface area contributed by atoms with Crippen LogP contribution >= 0.6 is 0 Å². The number of aryl methyl sites for hydroxylation is 1. The minimum absolute atomic E-state index is 0.00674. The molecule has 34 heavy (non-hydrogen) atoms. The maximum Gasteiger partial charge on any atom is 0.416 e. The summed E-state index contributed by atoms with van der Waals surface area (Å²) < 4.78 is 49.1. The summed E-state index contributed by atoms with van der Waals surface area (Å²) in [6.07, 6.45) is -3.02. The van der Waals surface area contributed by atoms with Crippen molar-refractivity contribution in [2.24, 2.45) is 0 Å². The average Bonchev–Trinajstić information content (AvgIpc) is 3.50. The van der Waals surface area contributed by atoms with E-state index in [1.54, 1.807) is 30.3 Å². The standard InChI is InChI=1S/C23H17F3N4O4/c24-23(25,26)15-5-1-4-14(12-15)22-30-29-20(34-22)10-9-19(31)27-16-6-2-7-17(13-16)28-21(32)18-8-3-11-33-18/h1-8,11-13H,9-10H2,(H,27,31)(H,28,32). The van der Waals surface area contributed by atoms with Crippen LogP contribution < -0.4 is 10.6 Å². The van der Waals surface area contributed by atoms with Crippen LogP contribution in [0.3, 0.4) is 0 Å². The average molecular weight is 470 g/mol. The molecular weight excluding hydrogens is 453 g/mol. The van der Waals surface area contributed by atoms with Crippen molar-refractivity contribution in [2.45, 2.75) is 19.0 Å². The summed E-state index contributed by atoms with van der Waals surface area (Å²) in [5.41, 5.74) is 0.220. The summed E-state index contributed by atoms with van der Waals surface area (Å²) in [6.45, 7) is 0. The molecule has 4 rings (SSSR count). The SMILES string of the molecule is O=C(CCc1nnc(-c2cccc(C(F)(F)F)c2)o1)Nc1cccc(NC(=O)c2ccco2)c1. The Hall–Kier alpha value is -4.41. The summed E-state index contributed by atoms with van der Waals surface area (Å²) in [7, 11) is 0. The highest BCUT2D eigenvalue weighted by Crippen LogP contribution is 2.31. The van der Waals surface area contributed by atoms with E-state index in [1.165, 1.54) is 24.5 Å². The van der Waals surface area contributed by atoms with Crippen LogP contribution in [-0.2, 0) is 17.4 Å². The quantitative estimate of drug-likeness (QED) is 0.386. The first-order valence-corrected chi connectivity index (χ1v) is 10.0. The monoisotopic (exact) mass is 470 g/mol. The van der Waals surface area contributed by atoms with Gasteiger partial charge >= 0.3 is 6.18 Å². The number of furan rings is 1. The highest BCUT2D eigenvalue weighted by Gasteiger charge is 2.30. The summed E-state index contributed by atoms with van der Waals surface area (Å²) in [5, 5.41) is 12.9. The maximum atomic E-state index is 12.9. The zero-order valence-electron chi connectivity index (χ0n) is 17.4. The van der Waals surface area contributed by atoms with Gasteiger partial charge in [-0.3, -0.25) is 9.59 Å². The van der Waals surface area contributed by atoms with Gasteiger partial charge in [0.05, 0.1) is 11.8 Å². The molecule has 0 saturated heterocycles. The van der Waals surface area contributed by atoms with Crippen LogP contribution in [0.25, 0.3) is 11.5 Å². The number of carbonyl (C=O) groups excluding carboxylic acids is 2.